The van der Waals surface area contributed by atoms with Crippen molar-refractivity contribution < 1.29 is 33.1 Å². The Kier molecular flexibility index (Phi) is 8.45. The zero-order valence-corrected chi connectivity index (χ0v) is 19.9. The maximum Gasteiger partial charge on any atom is 0.323 e. The molecule has 1 heterocycles. The van der Waals surface area contributed by atoms with Crippen LogP contribution in [0, 0.1) is 0 Å². The van der Waals surface area contributed by atoms with E-state index in [1.54, 1.807) is 30.3 Å². The molecule has 192 valence electrons. The Labute approximate surface area is 207 Å². The number of amidine groups is 1. The molecule has 3 rings (SSSR count). The van der Waals surface area contributed by atoms with Crippen molar-refractivity contribution in [1.29, 1.82) is 0 Å². The number of carboxylic acids is 1. The first-order chi connectivity index (χ1) is 17.1. The molecule has 0 aliphatic carbocycles. The van der Waals surface area contributed by atoms with Gasteiger partial charge in [-0.1, -0.05) is 23.4 Å². The average molecular weight is 519 g/mol. The third-order valence-corrected chi connectivity index (χ3v) is 6.93. The molecule has 2 aromatic rings. The molecule has 2 aromatic carbocycles. The van der Waals surface area contributed by atoms with Crippen LogP contribution in [0.1, 0.15) is 5.56 Å². The van der Waals surface area contributed by atoms with E-state index in [1.807, 2.05) is 4.90 Å². The number of nitrogens with zero attached hydrogens (tertiary/aromatic N) is 3. The van der Waals surface area contributed by atoms with Gasteiger partial charge in [0.1, 0.15) is 6.04 Å². The summed E-state index contributed by atoms with van der Waals surface area (Å²) in [6.45, 7) is -0.0908. The van der Waals surface area contributed by atoms with E-state index >= 15 is 0 Å². The number of amides is 2. The first-order valence-electron chi connectivity index (χ1n) is 10.8. The molecule has 1 atom stereocenters. The number of carbonyl (C=O) groups is 3. The molecule has 0 aromatic heterocycles. The number of sulfonamides is 1. The number of aliphatic carboxylic acids is 1. The number of hydrogen-bond donors (Lipinski definition) is 5. The van der Waals surface area contributed by atoms with Crippen LogP contribution in [0.2, 0.25) is 0 Å². The summed E-state index contributed by atoms with van der Waals surface area (Å²) in [5, 5.41) is 23.4. The molecule has 6 N–H and O–H groups in total. The summed E-state index contributed by atoms with van der Waals surface area (Å²) in [5.74, 6) is -2.43. The van der Waals surface area contributed by atoms with Gasteiger partial charge in [0, 0.05) is 30.9 Å². The monoisotopic (exact) mass is 518 g/mol. The molecule has 1 aliphatic heterocycles. The molecule has 0 bridgehead atoms. The number of benzene rings is 2. The Hall–Kier alpha value is -4.17. The second kappa shape index (κ2) is 11.5. The molecule has 1 fully saturated rings. The van der Waals surface area contributed by atoms with Gasteiger partial charge in [-0.25, -0.2) is 8.42 Å². The molecule has 36 heavy (non-hydrogen) atoms. The van der Waals surface area contributed by atoms with E-state index in [-0.39, 0.29) is 36.3 Å². The van der Waals surface area contributed by atoms with E-state index in [2.05, 4.69) is 15.2 Å². The van der Waals surface area contributed by atoms with Crippen molar-refractivity contribution in [2.45, 2.75) is 10.9 Å². The van der Waals surface area contributed by atoms with Gasteiger partial charge in [0.25, 0.3) is 0 Å². The van der Waals surface area contributed by atoms with E-state index in [4.69, 9.17) is 10.9 Å². The molecule has 13 nitrogen and oxygen atoms in total. The molecule has 1 saturated heterocycles. The number of nitrogens with two attached hydrogens (primary N) is 1. The van der Waals surface area contributed by atoms with Gasteiger partial charge in [0.2, 0.25) is 21.8 Å². The van der Waals surface area contributed by atoms with Crippen molar-refractivity contribution in [2.75, 3.05) is 37.6 Å². The van der Waals surface area contributed by atoms with Gasteiger partial charge in [-0.2, -0.15) is 4.72 Å². The molecule has 14 heteroatoms. The summed E-state index contributed by atoms with van der Waals surface area (Å²) >= 11 is 0. The van der Waals surface area contributed by atoms with Crippen molar-refractivity contribution in [3.8, 4) is 0 Å². The van der Waals surface area contributed by atoms with Gasteiger partial charge < -0.3 is 31.2 Å². The second-order valence-electron chi connectivity index (χ2n) is 7.90. The highest BCUT2D eigenvalue weighted by molar-refractivity contribution is 7.89. The Morgan fingerprint density at radius 3 is 2.33 bits per heavy atom. The fraction of sp³-hybridized carbons (Fsp3) is 0.273. The lowest BCUT2D eigenvalue weighted by Crippen LogP contribution is -2.54. The van der Waals surface area contributed by atoms with Crippen LogP contribution in [-0.2, 0) is 24.4 Å². The number of carboxylic acid groups (broad SMARTS) is 1. The molecule has 1 aliphatic rings. The molecular formula is C22H26N6O7S. The van der Waals surface area contributed by atoms with Gasteiger partial charge in [0.05, 0.1) is 18.0 Å². The summed E-state index contributed by atoms with van der Waals surface area (Å²) in [7, 11) is -4.11. The van der Waals surface area contributed by atoms with Crippen LogP contribution in [0.25, 0.3) is 0 Å². The largest absolute Gasteiger partial charge is 0.480 e. The molecule has 0 spiro atoms. The Morgan fingerprint density at radius 2 is 1.75 bits per heavy atom. The number of piperazine rings is 1. The van der Waals surface area contributed by atoms with Crippen LogP contribution < -0.4 is 20.7 Å². The number of anilines is 1. The van der Waals surface area contributed by atoms with E-state index in [0.717, 1.165) is 5.69 Å². The average Bonchev–Trinajstić information content (AvgIpc) is 2.87. The minimum absolute atomic E-state index is 0.0187. The second-order valence-corrected chi connectivity index (χ2v) is 9.61. The highest BCUT2D eigenvalue weighted by atomic mass is 32.2. The van der Waals surface area contributed by atoms with E-state index in [0.29, 0.717) is 12.1 Å². The molecular weight excluding hydrogens is 492 g/mol. The number of nitrogens with one attached hydrogen (secondary N) is 2. The summed E-state index contributed by atoms with van der Waals surface area (Å²) in [5.41, 5.74) is 6.82. The van der Waals surface area contributed by atoms with Crippen molar-refractivity contribution >= 4 is 39.3 Å². The van der Waals surface area contributed by atoms with Gasteiger partial charge in [-0.05, 0) is 36.4 Å². The lowest BCUT2D eigenvalue weighted by molar-refractivity contribution is -0.139. The zero-order valence-electron chi connectivity index (χ0n) is 19.1. The SMILES string of the molecule is N/C(=N/O)c1ccc(N2CCN(CC(=O)NCC(NS(=O)(=O)c3ccccc3)C(=O)O)C(=O)C2)cc1. The highest BCUT2D eigenvalue weighted by Crippen LogP contribution is 2.18. The number of oxime groups is 1. The van der Waals surface area contributed by atoms with Crippen molar-refractivity contribution in [1.82, 2.24) is 14.9 Å². The first-order valence-corrected chi connectivity index (χ1v) is 12.3. The predicted octanol–water partition coefficient (Wildman–Crippen LogP) is -1.02. The summed E-state index contributed by atoms with van der Waals surface area (Å²) < 4.78 is 26.9. The predicted molar refractivity (Wildman–Crippen MR) is 129 cm³/mol. The van der Waals surface area contributed by atoms with Crippen LogP contribution in [0.3, 0.4) is 0 Å². The fourth-order valence-electron chi connectivity index (χ4n) is 3.48. The molecule has 0 saturated carbocycles. The van der Waals surface area contributed by atoms with Gasteiger partial charge in [0.15, 0.2) is 5.84 Å². The van der Waals surface area contributed by atoms with Crippen molar-refractivity contribution in [2.24, 2.45) is 10.9 Å². The summed E-state index contributed by atoms with van der Waals surface area (Å²) in [4.78, 5) is 39.5. The van der Waals surface area contributed by atoms with Gasteiger partial charge in [-0.15, -0.1) is 0 Å². The molecule has 2 amide bonds. The Morgan fingerprint density at radius 1 is 1.08 bits per heavy atom. The third kappa shape index (κ3) is 6.70. The topological polar surface area (TPSA) is 195 Å². The maximum atomic E-state index is 12.6. The minimum atomic E-state index is -4.11. The summed E-state index contributed by atoms with van der Waals surface area (Å²) in [6, 6.07) is 12.4. The lowest BCUT2D eigenvalue weighted by atomic mass is 10.1. The Balaban J connectivity index is 1.52. The zero-order chi connectivity index (χ0) is 26.3. The van der Waals surface area contributed by atoms with Crippen molar-refractivity contribution in [3.63, 3.8) is 0 Å². The fourth-order valence-corrected chi connectivity index (χ4v) is 4.69. The first kappa shape index (κ1) is 26.4. The smallest absolute Gasteiger partial charge is 0.323 e. The highest BCUT2D eigenvalue weighted by Gasteiger charge is 2.28. The number of carbonyl (C=O) groups excluding carboxylic acids is 2. The van der Waals surface area contributed by atoms with Crippen molar-refractivity contribution in [3.05, 3.63) is 60.2 Å². The van der Waals surface area contributed by atoms with Crippen LogP contribution >= 0.6 is 0 Å². The number of hydrogen-bond acceptors (Lipinski definition) is 8. The third-order valence-electron chi connectivity index (χ3n) is 5.44. The van der Waals surface area contributed by atoms with E-state index in [9.17, 15) is 27.9 Å². The quantitative estimate of drug-likeness (QED) is 0.113. The standard InChI is InChI=1S/C22H26N6O7S/c23-21(25-33)15-6-8-16(9-7-15)27-10-11-28(20(30)14-27)13-19(29)24-12-18(22(31)32)26-36(34,35)17-4-2-1-3-5-17/h1-9,18,26,33H,10-14H2,(H2,23,25)(H,24,29)(H,31,32). The Bertz CT molecular complexity index is 1240. The summed E-state index contributed by atoms with van der Waals surface area (Å²) in [6.07, 6.45) is 0. The minimum Gasteiger partial charge on any atom is -0.480 e. The van der Waals surface area contributed by atoms with E-state index < -0.39 is 34.5 Å². The van der Waals surface area contributed by atoms with E-state index in [1.165, 1.54) is 29.2 Å². The normalized spacial score (nSPS) is 15.4. The maximum absolute atomic E-state index is 12.6. The number of rotatable bonds is 10. The molecule has 0 radical (unpaired) electrons. The van der Waals surface area contributed by atoms with Crippen LogP contribution in [0.15, 0.2) is 64.6 Å². The van der Waals surface area contributed by atoms with Gasteiger partial charge in [-0.3, -0.25) is 14.4 Å². The lowest BCUT2D eigenvalue weighted by Gasteiger charge is -2.35. The van der Waals surface area contributed by atoms with Crippen LogP contribution in [-0.4, -0.2) is 86.0 Å². The molecule has 1 unspecified atom stereocenters. The van der Waals surface area contributed by atoms with Crippen LogP contribution in [0.5, 0.6) is 0 Å². The van der Waals surface area contributed by atoms with Gasteiger partial charge >= 0.3 is 5.97 Å². The van der Waals surface area contributed by atoms with Crippen LogP contribution in [0.4, 0.5) is 5.69 Å².